The van der Waals surface area contributed by atoms with E-state index in [4.69, 9.17) is 0 Å². The van der Waals surface area contributed by atoms with Crippen LogP contribution in [0.25, 0.3) is 10.1 Å². The highest BCUT2D eigenvalue weighted by atomic mass is 32.1. The summed E-state index contributed by atoms with van der Waals surface area (Å²) >= 11 is 0.828. The SMILES string of the molecule is CC(c1ccc(OC(F)(F)F)cc1)N1CCC2(CC1)CN(c1nc(=O)c3cc(C(F)(F)F)cc([N+](=O)[O-])c3s1)C2. The van der Waals surface area contributed by atoms with Crippen LogP contribution in [0.3, 0.4) is 0 Å². The van der Waals surface area contributed by atoms with Crippen molar-refractivity contribution < 1.29 is 36.0 Å². The van der Waals surface area contributed by atoms with Gasteiger partial charge in [0.2, 0.25) is 0 Å². The lowest BCUT2D eigenvalue weighted by molar-refractivity contribution is -0.383. The molecule has 1 atom stereocenters. The highest BCUT2D eigenvalue weighted by molar-refractivity contribution is 7.22. The molecule has 1 unspecified atom stereocenters. The minimum Gasteiger partial charge on any atom is -0.406 e. The zero-order chi connectivity index (χ0) is 29.0. The van der Waals surface area contributed by atoms with E-state index in [1.165, 1.54) is 12.1 Å². The van der Waals surface area contributed by atoms with E-state index in [1.54, 1.807) is 12.1 Å². The Morgan fingerprint density at radius 2 is 1.70 bits per heavy atom. The van der Waals surface area contributed by atoms with Gasteiger partial charge in [0.15, 0.2) is 5.13 Å². The fourth-order valence-electron chi connectivity index (χ4n) is 5.33. The molecule has 40 heavy (non-hydrogen) atoms. The quantitative estimate of drug-likeness (QED) is 0.201. The molecule has 2 aromatic carbocycles. The Morgan fingerprint density at radius 3 is 2.25 bits per heavy atom. The second-order valence-electron chi connectivity index (χ2n) is 10.1. The number of nitro benzene ring substituents is 1. The molecule has 3 aromatic rings. The van der Waals surface area contributed by atoms with Crippen molar-refractivity contribution in [3.8, 4) is 5.75 Å². The number of non-ortho nitro benzene ring substituents is 1. The van der Waals surface area contributed by atoms with Gasteiger partial charge < -0.3 is 9.64 Å². The van der Waals surface area contributed by atoms with Crippen molar-refractivity contribution in [2.45, 2.75) is 38.3 Å². The number of benzene rings is 2. The van der Waals surface area contributed by atoms with E-state index < -0.39 is 39.7 Å². The number of aromatic nitrogens is 1. The first kappa shape index (κ1) is 28.1. The Hall–Kier alpha value is -3.46. The average molecular weight is 589 g/mol. The minimum atomic E-state index is -4.85. The maximum Gasteiger partial charge on any atom is 0.573 e. The maximum absolute atomic E-state index is 13.2. The molecule has 0 radical (unpaired) electrons. The molecule has 2 saturated heterocycles. The lowest BCUT2D eigenvalue weighted by Crippen LogP contribution is -2.60. The molecule has 2 aliphatic rings. The highest BCUT2D eigenvalue weighted by Gasteiger charge is 2.46. The van der Waals surface area contributed by atoms with Crippen LogP contribution in [0.4, 0.5) is 37.2 Å². The van der Waals surface area contributed by atoms with Gasteiger partial charge >= 0.3 is 12.5 Å². The molecule has 0 saturated carbocycles. The molecule has 2 aliphatic heterocycles. The second-order valence-corrected chi connectivity index (χ2v) is 11.1. The van der Waals surface area contributed by atoms with Crippen molar-refractivity contribution in [2.24, 2.45) is 5.41 Å². The number of anilines is 1. The topological polar surface area (TPSA) is 88.8 Å². The summed E-state index contributed by atoms with van der Waals surface area (Å²) in [4.78, 5) is 31.2. The summed E-state index contributed by atoms with van der Waals surface area (Å²) in [7, 11) is 0. The number of nitro groups is 1. The minimum absolute atomic E-state index is 0.0389. The molecule has 2 fully saturated rings. The van der Waals surface area contributed by atoms with Crippen LogP contribution in [0.2, 0.25) is 0 Å². The van der Waals surface area contributed by atoms with Crippen LogP contribution in [0.5, 0.6) is 5.75 Å². The fourth-order valence-corrected chi connectivity index (χ4v) is 6.40. The van der Waals surface area contributed by atoms with Crippen LogP contribution in [0.1, 0.15) is 36.9 Å². The molecule has 1 spiro atoms. The average Bonchev–Trinajstić information content (AvgIpc) is 2.85. The van der Waals surface area contributed by atoms with Crippen molar-refractivity contribution in [3.05, 3.63) is 68.0 Å². The fraction of sp³-hybridized carbons (Fsp3) is 0.440. The molecule has 5 rings (SSSR count). The van der Waals surface area contributed by atoms with E-state index >= 15 is 0 Å². The van der Waals surface area contributed by atoms with E-state index in [-0.39, 0.29) is 27.0 Å². The van der Waals surface area contributed by atoms with Crippen molar-refractivity contribution in [1.29, 1.82) is 0 Å². The summed E-state index contributed by atoms with van der Waals surface area (Å²) < 4.78 is 80.7. The van der Waals surface area contributed by atoms with Crippen LogP contribution in [0, 0.1) is 15.5 Å². The Balaban J connectivity index is 1.26. The first-order valence-corrected chi connectivity index (χ1v) is 13.0. The number of likely N-dealkylation sites (tertiary alicyclic amines) is 1. The van der Waals surface area contributed by atoms with Crippen LogP contribution < -0.4 is 15.2 Å². The summed E-state index contributed by atoms with van der Waals surface area (Å²) in [5.41, 5.74) is -2.24. The molecule has 0 N–H and O–H groups in total. The molecule has 0 bridgehead atoms. The van der Waals surface area contributed by atoms with Crippen LogP contribution >= 0.6 is 11.3 Å². The summed E-state index contributed by atoms with van der Waals surface area (Å²) in [6.45, 7) is 4.51. The van der Waals surface area contributed by atoms with Gasteiger partial charge in [-0.15, -0.1) is 13.2 Å². The molecule has 0 amide bonds. The van der Waals surface area contributed by atoms with Crippen molar-refractivity contribution in [2.75, 3.05) is 31.1 Å². The van der Waals surface area contributed by atoms with Gasteiger partial charge in [-0.3, -0.25) is 19.8 Å². The number of nitrogens with zero attached hydrogens (tertiary/aromatic N) is 4. The molecule has 8 nitrogen and oxygen atoms in total. The van der Waals surface area contributed by atoms with Gasteiger partial charge in [-0.05, 0) is 56.6 Å². The number of ether oxygens (including phenoxy) is 1. The summed E-state index contributed by atoms with van der Waals surface area (Å²) in [5, 5.41) is 11.3. The number of hydrogen-bond donors (Lipinski definition) is 0. The molecule has 1 aromatic heterocycles. The smallest absolute Gasteiger partial charge is 0.406 e. The molecule has 3 heterocycles. The standard InChI is InChI=1S/C25H22F6N4O4S/c1-14(15-2-4-17(5-3-15)39-25(29,30)31)33-8-6-23(7-9-33)12-34(13-23)22-32-21(36)18-10-16(24(26,27)28)11-19(35(37)38)20(18)40-22/h2-5,10-11,14H,6-9,12-13H2,1H3. The first-order chi connectivity index (χ1) is 18.6. The third kappa shape index (κ3) is 5.57. The van der Waals surface area contributed by atoms with E-state index in [1.807, 2.05) is 11.8 Å². The number of piperidine rings is 1. The van der Waals surface area contributed by atoms with Crippen molar-refractivity contribution in [1.82, 2.24) is 9.88 Å². The molecule has 0 aliphatic carbocycles. The number of halogens is 6. The number of fused-ring (bicyclic) bond motifs is 1. The lowest BCUT2D eigenvalue weighted by Gasteiger charge is -2.54. The monoisotopic (exact) mass is 588 g/mol. The summed E-state index contributed by atoms with van der Waals surface area (Å²) in [6, 6.07) is 6.77. The zero-order valence-corrected chi connectivity index (χ0v) is 21.7. The van der Waals surface area contributed by atoms with Gasteiger partial charge in [-0.25, -0.2) is 0 Å². The third-order valence-electron chi connectivity index (χ3n) is 7.54. The van der Waals surface area contributed by atoms with Crippen LogP contribution in [-0.4, -0.2) is 47.3 Å². The van der Waals surface area contributed by atoms with Gasteiger partial charge in [0, 0.05) is 30.6 Å². The Labute approximate surface area is 226 Å². The maximum atomic E-state index is 13.2. The third-order valence-corrected chi connectivity index (χ3v) is 8.71. The van der Waals surface area contributed by atoms with Crippen LogP contribution in [0.15, 0.2) is 41.2 Å². The number of alkyl halides is 6. The van der Waals surface area contributed by atoms with E-state index in [0.29, 0.717) is 25.2 Å². The number of hydrogen-bond acceptors (Lipinski definition) is 8. The molecule has 214 valence electrons. The molecular formula is C25H22F6N4O4S. The van der Waals surface area contributed by atoms with Crippen molar-refractivity contribution >= 4 is 32.2 Å². The van der Waals surface area contributed by atoms with Gasteiger partial charge in [-0.1, -0.05) is 23.5 Å². The van der Waals surface area contributed by atoms with E-state index in [2.05, 4.69) is 14.6 Å². The predicted octanol–water partition coefficient (Wildman–Crippen LogP) is 6.15. The Bertz CT molecular complexity index is 1490. The zero-order valence-electron chi connectivity index (χ0n) is 20.9. The normalized spacial score (nSPS) is 18.5. The van der Waals surface area contributed by atoms with E-state index in [0.717, 1.165) is 42.8 Å². The van der Waals surface area contributed by atoms with Gasteiger partial charge in [0.1, 0.15) is 10.4 Å². The summed E-state index contributed by atoms with van der Waals surface area (Å²) in [6.07, 6.45) is -7.99. The Kier molecular flexibility index (Phi) is 6.93. The molecule has 15 heteroatoms. The lowest BCUT2D eigenvalue weighted by atomic mass is 9.72. The van der Waals surface area contributed by atoms with Crippen molar-refractivity contribution in [3.63, 3.8) is 0 Å². The van der Waals surface area contributed by atoms with E-state index in [9.17, 15) is 41.3 Å². The predicted molar refractivity (Wildman–Crippen MR) is 135 cm³/mol. The Morgan fingerprint density at radius 1 is 1.07 bits per heavy atom. The number of rotatable bonds is 5. The van der Waals surface area contributed by atoms with Gasteiger partial charge in [-0.2, -0.15) is 18.2 Å². The van der Waals surface area contributed by atoms with Gasteiger partial charge in [0.25, 0.3) is 11.2 Å². The highest BCUT2D eigenvalue weighted by Crippen LogP contribution is 2.46. The molecular weight excluding hydrogens is 566 g/mol. The first-order valence-electron chi connectivity index (χ1n) is 12.2. The van der Waals surface area contributed by atoms with Gasteiger partial charge in [0.05, 0.1) is 15.9 Å². The largest absolute Gasteiger partial charge is 0.573 e. The summed E-state index contributed by atoms with van der Waals surface area (Å²) in [5.74, 6) is -0.286. The van der Waals surface area contributed by atoms with Crippen LogP contribution in [-0.2, 0) is 6.18 Å². The second kappa shape index (κ2) is 9.87.